The molecule has 1 saturated carbocycles. The van der Waals surface area contributed by atoms with Crippen molar-refractivity contribution < 1.29 is 14.7 Å². The van der Waals surface area contributed by atoms with E-state index in [2.05, 4.69) is 11.4 Å². The van der Waals surface area contributed by atoms with Crippen LogP contribution >= 0.6 is 0 Å². The van der Waals surface area contributed by atoms with Gasteiger partial charge in [-0.3, -0.25) is 9.59 Å². The van der Waals surface area contributed by atoms with Gasteiger partial charge in [-0.2, -0.15) is 5.26 Å². The summed E-state index contributed by atoms with van der Waals surface area (Å²) in [6.07, 6.45) is 7.35. The van der Waals surface area contributed by atoms with Crippen molar-refractivity contribution in [3.63, 3.8) is 0 Å². The Morgan fingerprint density at radius 1 is 1.15 bits per heavy atom. The monoisotopic (exact) mass is 280 g/mol. The average molecular weight is 280 g/mol. The molecule has 0 saturated heterocycles. The Hall–Kier alpha value is -1.57. The number of carbonyl (C=O) groups is 2. The molecule has 0 aromatic heterocycles. The molecule has 1 aliphatic rings. The van der Waals surface area contributed by atoms with Crippen LogP contribution in [0.2, 0.25) is 0 Å². The summed E-state index contributed by atoms with van der Waals surface area (Å²) in [5.74, 6) is -0.862. The number of carbonyl (C=O) groups excluding carboxylic acids is 1. The molecule has 0 aliphatic heterocycles. The van der Waals surface area contributed by atoms with Crippen LogP contribution < -0.4 is 5.32 Å². The zero-order chi connectivity index (χ0) is 14.8. The van der Waals surface area contributed by atoms with E-state index >= 15 is 0 Å². The molecule has 5 nitrogen and oxygen atoms in total. The predicted molar refractivity (Wildman–Crippen MR) is 74.9 cm³/mol. The minimum Gasteiger partial charge on any atom is -0.481 e. The number of nitrogens with zero attached hydrogens (tertiary/aromatic N) is 1. The molecule has 2 N–H and O–H groups in total. The molecule has 20 heavy (non-hydrogen) atoms. The van der Waals surface area contributed by atoms with Gasteiger partial charge in [0.1, 0.15) is 0 Å². The summed E-state index contributed by atoms with van der Waals surface area (Å²) in [6.45, 7) is 0.573. The molecule has 5 heteroatoms. The summed E-state index contributed by atoms with van der Waals surface area (Å²) in [4.78, 5) is 23.0. The minimum atomic E-state index is -0.811. The molecule has 1 rings (SSSR count). The minimum absolute atomic E-state index is 0.0508. The third-order valence-electron chi connectivity index (χ3n) is 4.01. The number of carboxylic acids is 1. The maximum Gasteiger partial charge on any atom is 0.303 e. The molecule has 0 radical (unpaired) electrons. The number of nitrogens with one attached hydrogen (secondary N) is 1. The van der Waals surface area contributed by atoms with Crippen LogP contribution in [-0.2, 0) is 9.59 Å². The van der Waals surface area contributed by atoms with Crippen LogP contribution in [0.4, 0.5) is 0 Å². The summed E-state index contributed by atoms with van der Waals surface area (Å²) >= 11 is 0. The zero-order valence-electron chi connectivity index (χ0n) is 12.0. The number of hydrogen-bond donors (Lipinski definition) is 2. The van der Waals surface area contributed by atoms with Gasteiger partial charge in [-0.25, -0.2) is 0 Å². The second-order valence-corrected chi connectivity index (χ2v) is 5.77. The molecule has 0 spiro atoms. The van der Waals surface area contributed by atoms with E-state index in [1.165, 1.54) is 0 Å². The Morgan fingerprint density at radius 2 is 1.85 bits per heavy atom. The Balaban J connectivity index is 2.38. The molecule has 1 amide bonds. The molecular weight excluding hydrogens is 256 g/mol. The summed E-state index contributed by atoms with van der Waals surface area (Å²) in [6, 6.07) is 2.07. The second kappa shape index (κ2) is 8.57. The molecule has 0 unspecified atom stereocenters. The molecule has 112 valence electrons. The largest absolute Gasteiger partial charge is 0.481 e. The summed E-state index contributed by atoms with van der Waals surface area (Å²) in [7, 11) is 0. The van der Waals surface area contributed by atoms with E-state index < -0.39 is 5.97 Å². The van der Waals surface area contributed by atoms with Crippen molar-refractivity contribution in [3.8, 4) is 6.07 Å². The number of hydrogen-bond acceptors (Lipinski definition) is 3. The van der Waals surface area contributed by atoms with E-state index in [0.29, 0.717) is 19.4 Å². The molecule has 0 atom stereocenters. The van der Waals surface area contributed by atoms with Crippen molar-refractivity contribution in [1.82, 2.24) is 5.32 Å². The second-order valence-electron chi connectivity index (χ2n) is 5.77. The van der Waals surface area contributed by atoms with Crippen LogP contribution in [0.25, 0.3) is 0 Å². The van der Waals surface area contributed by atoms with E-state index in [-0.39, 0.29) is 17.7 Å². The predicted octanol–water partition coefficient (Wildman–Crippen LogP) is 2.61. The van der Waals surface area contributed by atoms with E-state index in [1.807, 2.05) is 0 Å². The summed E-state index contributed by atoms with van der Waals surface area (Å²) in [5, 5.41) is 20.3. The lowest BCUT2D eigenvalue weighted by Gasteiger charge is -2.35. The zero-order valence-corrected chi connectivity index (χ0v) is 12.0. The molecule has 1 aliphatic carbocycles. The van der Waals surface area contributed by atoms with E-state index in [4.69, 9.17) is 10.4 Å². The first-order valence-corrected chi connectivity index (χ1v) is 7.43. The van der Waals surface area contributed by atoms with Gasteiger partial charge in [0.25, 0.3) is 0 Å². The number of amides is 1. The first-order chi connectivity index (χ1) is 9.58. The van der Waals surface area contributed by atoms with Gasteiger partial charge in [0.05, 0.1) is 12.5 Å². The first-order valence-electron chi connectivity index (χ1n) is 7.43. The van der Waals surface area contributed by atoms with Gasteiger partial charge in [-0.15, -0.1) is 0 Å². The lowest BCUT2D eigenvalue weighted by molar-refractivity contribution is -0.141. The Morgan fingerprint density at radius 3 is 2.45 bits per heavy atom. The number of aliphatic carboxylic acids is 1. The van der Waals surface area contributed by atoms with Crippen molar-refractivity contribution in [1.29, 1.82) is 5.26 Å². The molecule has 0 heterocycles. The molecule has 1 fully saturated rings. The first kappa shape index (κ1) is 16.5. The maximum atomic E-state index is 12.0. The fraction of sp³-hybridized carbons (Fsp3) is 0.800. The standard InChI is InChI=1S/C15H24N2O3/c16-9-5-2-6-10-17-13(18)11-15(12-14(19)20)7-3-1-4-8-15/h1-8,10-12H2,(H,17,18)(H,19,20). The highest BCUT2D eigenvalue weighted by Gasteiger charge is 2.36. The van der Waals surface area contributed by atoms with E-state index in [9.17, 15) is 9.59 Å². The summed E-state index contributed by atoms with van der Waals surface area (Å²) < 4.78 is 0. The lowest BCUT2D eigenvalue weighted by atomic mass is 9.69. The Labute approximate surface area is 120 Å². The normalized spacial score (nSPS) is 17.1. The lowest BCUT2D eigenvalue weighted by Crippen LogP contribution is -2.35. The maximum absolute atomic E-state index is 12.0. The van der Waals surface area contributed by atoms with Crippen LogP contribution in [0.5, 0.6) is 0 Å². The highest BCUT2D eigenvalue weighted by atomic mass is 16.4. The van der Waals surface area contributed by atoms with Crippen LogP contribution in [0, 0.1) is 16.7 Å². The highest BCUT2D eigenvalue weighted by molar-refractivity contribution is 5.78. The fourth-order valence-corrected chi connectivity index (χ4v) is 3.00. The van der Waals surface area contributed by atoms with Crippen LogP contribution in [0.15, 0.2) is 0 Å². The fourth-order valence-electron chi connectivity index (χ4n) is 3.00. The van der Waals surface area contributed by atoms with Crippen molar-refractivity contribution in [2.45, 2.75) is 64.2 Å². The topological polar surface area (TPSA) is 90.2 Å². The molecule has 0 aromatic rings. The van der Waals surface area contributed by atoms with Gasteiger partial charge in [-0.05, 0) is 31.1 Å². The number of nitriles is 1. The van der Waals surface area contributed by atoms with Crippen molar-refractivity contribution >= 4 is 11.9 Å². The van der Waals surface area contributed by atoms with Crippen molar-refractivity contribution in [2.75, 3.05) is 6.54 Å². The number of unbranched alkanes of at least 4 members (excludes halogenated alkanes) is 2. The van der Waals surface area contributed by atoms with Gasteiger partial charge in [0.15, 0.2) is 0 Å². The third kappa shape index (κ3) is 6.05. The van der Waals surface area contributed by atoms with Crippen LogP contribution in [0.1, 0.15) is 64.2 Å². The highest BCUT2D eigenvalue weighted by Crippen LogP contribution is 2.42. The van der Waals surface area contributed by atoms with E-state index in [0.717, 1.165) is 44.9 Å². The van der Waals surface area contributed by atoms with E-state index in [1.54, 1.807) is 0 Å². The SMILES string of the molecule is N#CCCCCNC(=O)CC1(CC(=O)O)CCCCC1. The van der Waals surface area contributed by atoms with Gasteiger partial charge in [0.2, 0.25) is 5.91 Å². The van der Waals surface area contributed by atoms with Crippen molar-refractivity contribution in [3.05, 3.63) is 0 Å². The van der Waals surface area contributed by atoms with Gasteiger partial charge < -0.3 is 10.4 Å². The Kier molecular flexibility index (Phi) is 7.06. The van der Waals surface area contributed by atoms with Crippen LogP contribution in [-0.4, -0.2) is 23.5 Å². The quantitative estimate of drug-likeness (QED) is 0.669. The van der Waals surface area contributed by atoms with Crippen molar-refractivity contribution in [2.24, 2.45) is 5.41 Å². The number of carboxylic acid groups (broad SMARTS) is 1. The van der Waals surface area contributed by atoms with Gasteiger partial charge in [0, 0.05) is 19.4 Å². The van der Waals surface area contributed by atoms with Gasteiger partial charge >= 0.3 is 5.97 Å². The van der Waals surface area contributed by atoms with Crippen LogP contribution in [0.3, 0.4) is 0 Å². The molecule has 0 bridgehead atoms. The smallest absolute Gasteiger partial charge is 0.303 e. The summed E-state index contributed by atoms with van der Waals surface area (Å²) in [5.41, 5.74) is -0.346. The molecular formula is C15H24N2O3. The molecule has 0 aromatic carbocycles. The average Bonchev–Trinajstić information content (AvgIpc) is 2.38. The van der Waals surface area contributed by atoms with Gasteiger partial charge in [-0.1, -0.05) is 19.3 Å². The number of rotatable bonds is 8. The third-order valence-corrected chi connectivity index (χ3v) is 4.01. The Bertz CT molecular complexity index is 368.